The minimum absolute atomic E-state index is 0.342. The number of hydrogen-bond acceptors (Lipinski definition) is 6. The van der Waals surface area contributed by atoms with Crippen molar-refractivity contribution in [2.24, 2.45) is 7.05 Å². The first-order valence-electron chi connectivity index (χ1n) is 8.22. The standard InChI is InChI=1S/C19H19N3O3S2/c1-4-9-26-15-8-6-5-7-14(15)20-17(23)11-25-19(24)16-10-13-12(2)21-22(3)18(13)27-16/h4-8,10H,1,9,11H2,2-3H3,(H,20,23). The predicted octanol–water partition coefficient (Wildman–Crippen LogP) is 4.02. The zero-order valence-corrected chi connectivity index (χ0v) is 16.7. The number of nitrogens with zero attached hydrogens (tertiary/aromatic N) is 2. The summed E-state index contributed by atoms with van der Waals surface area (Å²) in [7, 11) is 1.83. The lowest BCUT2D eigenvalue weighted by atomic mass is 10.3. The van der Waals surface area contributed by atoms with Gasteiger partial charge in [0, 0.05) is 23.1 Å². The molecule has 0 fully saturated rings. The Kier molecular flexibility index (Phi) is 5.98. The number of hydrogen-bond donors (Lipinski definition) is 1. The molecular formula is C19H19N3O3S2. The maximum atomic E-state index is 12.3. The third kappa shape index (κ3) is 4.40. The third-order valence-corrected chi connectivity index (χ3v) is 6.00. The largest absolute Gasteiger partial charge is 0.451 e. The lowest BCUT2D eigenvalue weighted by molar-refractivity contribution is -0.119. The van der Waals surface area contributed by atoms with Gasteiger partial charge in [0.15, 0.2) is 6.61 Å². The highest BCUT2D eigenvalue weighted by molar-refractivity contribution is 7.99. The number of rotatable bonds is 7. The first-order valence-corrected chi connectivity index (χ1v) is 10.0. The second-order valence-corrected chi connectivity index (χ2v) is 7.85. The molecule has 0 aliphatic rings. The van der Waals surface area contributed by atoms with E-state index in [1.165, 1.54) is 11.3 Å². The Morgan fingerprint density at radius 1 is 1.41 bits per heavy atom. The van der Waals surface area contributed by atoms with E-state index in [0.717, 1.165) is 26.6 Å². The molecule has 3 rings (SSSR count). The quantitative estimate of drug-likeness (QED) is 0.368. The van der Waals surface area contributed by atoms with Gasteiger partial charge in [-0.05, 0) is 25.1 Å². The smallest absolute Gasteiger partial charge is 0.348 e. The molecule has 0 saturated carbocycles. The van der Waals surface area contributed by atoms with Crippen molar-refractivity contribution in [3.8, 4) is 0 Å². The second-order valence-electron chi connectivity index (χ2n) is 5.76. The van der Waals surface area contributed by atoms with Crippen LogP contribution in [-0.2, 0) is 16.6 Å². The van der Waals surface area contributed by atoms with Crippen molar-refractivity contribution in [3.05, 3.63) is 53.6 Å². The van der Waals surface area contributed by atoms with Crippen LogP contribution in [0.4, 0.5) is 5.69 Å². The van der Waals surface area contributed by atoms with Crippen LogP contribution in [0.3, 0.4) is 0 Å². The van der Waals surface area contributed by atoms with E-state index < -0.39 is 5.97 Å². The zero-order valence-electron chi connectivity index (χ0n) is 15.0. The number of esters is 1. The molecule has 0 aliphatic heterocycles. The Hall–Kier alpha value is -2.58. The van der Waals surface area contributed by atoms with Gasteiger partial charge in [0.1, 0.15) is 9.71 Å². The number of fused-ring (bicyclic) bond motifs is 1. The third-order valence-electron chi connectivity index (χ3n) is 3.75. The predicted molar refractivity (Wildman–Crippen MR) is 110 cm³/mol. The molecule has 8 heteroatoms. The summed E-state index contributed by atoms with van der Waals surface area (Å²) in [4.78, 5) is 26.7. The van der Waals surface area contributed by atoms with Crippen LogP contribution < -0.4 is 5.32 Å². The summed E-state index contributed by atoms with van der Waals surface area (Å²) in [5, 5.41) is 8.01. The maximum absolute atomic E-state index is 12.3. The highest BCUT2D eigenvalue weighted by Gasteiger charge is 2.17. The van der Waals surface area contributed by atoms with Crippen molar-refractivity contribution >= 4 is 50.9 Å². The molecule has 2 heterocycles. The fourth-order valence-corrected chi connectivity index (χ4v) is 4.30. The summed E-state index contributed by atoms with van der Waals surface area (Å²) < 4.78 is 6.90. The van der Waals surface area contributed by atoms with E-state index in [-0.39, 0.29) is 12.5 Å². The van der Waals surface area contributed by atoms with Gasteiger partial charge in [0.2, 0.25) is 0 Å². The number of thiophene rings is 1. The summed E-state index contributed by atoms with van der Waals surface area (Å²) in [5.74, 6) is -0.156. The Bertz CT molecular complexity index is 972. The molecule has 0 bridgehead atoms. The summed E-state index contributed by atoms with van der Waals surface area (Å²) in [6, 6.07) is 9.23. The van der Waals surface area contributed by atoms with Crippen molar-refractivity contribution in [3.63, 3.8) is 0 Å². The molecule has 140 valence electrons. The Morgan fingerprint density at radius 2 is 2.19 bits per heavy atom. The SMILES string of the molecule is C=CCSc1ccccc1NC(=O)COC(=O)c1cc2c(C)nn(C)c2s1. The van der Waals surface area contributed by atoms with Gasteiger partial charge in [-0.15, -0.1) is 29.7 Å². The lowest BCUT2D eigenvalue weighted by Crippen LogP contribution is -2.20. The number of amides is 1. The van der Waals surface area contributed by atoms with Crippen LogP contribution in [0.1, 0.15) is 15.4 Å². The number of para-hydroxylation sites is 1. The van der Waals surface area contributed by atoms with E-state index in [1.807, 2.05) is 38.2 Å². The number of nitrogens with one attached hydrogen (secondary N) is 1. The van der Waals surface area contributed by atoms with Crippen molar-refractivity contribution in [1.29, 1.82) is 0 Å². The number of anilines is 1. The fourth-order valence-electron chi connectivity index (χ4n) is 2.54. The lowest BCUT2D eigenvalue weighted by Gasteiger charge is -2.10. The van der Waals surface area contributed by atoms with Gasteiger partial charge in [0.25, 0.3) is 5.91 Å². The first-order chi connectivity index (χ1) is 13.0. The van der Waals surface area contributed by atoms with Crippen LogP contribution in [0.25, 0.3) is 10.2 Å². The highest BCUT2D eigenvalue weighted by atomic mass is 32.2. The van der Waals surface area contributed by atoms with Gasteiger partial charge in [-0.2, -0.15) is 5.10 Å². The zero-order chi connectivity index (χ0) is 19.4. The summed E-state index contributed by atoms with van der Waals surface area (Å²) >= 11 is 2.87. The van der Waals surface area contributed by atoms with E-state index in [1.54, 1.807) is 28.6 Å². The topological polar surface area (TPSA) is 73.2 Å². The Morgan fingerprint density at radius 3 is 2.93 bits per heavy atom. The minimum Gasteiger partial charge on any atom is -0.451 e. The molecule has 1 amide bonds. The summed E-state index contributed by atoms with van der Waals surface area (Å²) in [5.41, 5.74) is 1.54. The first kappa shape index (κ1) is 19.2. The average Bonchev–Trinajstić information content (AvgIpc) is 3.21. The summed E-state index contributed by atoms with van der Waals surface area (Å²) in [6.45, 7) is 5.24. The molecule has 0 spiro atoms. The molecule has 0 saturated heterocycles. The van der Waals surface area contributed by atoms with Gasteiger partial charge in [-0.1, -0.05) is 18.2 Å². The van der Waals surface area contributed by atoms with Crippen LogP contribution >= 0.6 is 23.1 Å². The van der Waals surface area contributed by atoms with Crippen LogP contribution in [0.5, 0.6) is 0 Å². The van der Waals surface area contributed by atoms with Gasteiger partial charge < -0.3 is 10.1 Å². The molecule has 6 nitrogen and oxygen atoms in total. The molecule has 0 radical (unpaired) electrons. The molecule has 2 aromatic heterocycles. The second kappa shape index (κ2) is 8.41. The van der Waals surface area contributed by atoms with Gasteiger partial charge >= 0.3 is 5.97 Å². The van der Waals surface area contributed by atoms with Crippen molar-refractivity contribution < 1.29 is 14.3 Å². The number of benzene rings is 1. The van der Waals surface area contributed by atoms with Crippen molar-refractivity contribution in [2.75, 3.05) is 17.7 Å². The maximum Gasteiger partial charge on any atom is 0.348 e. The monoisotopic (exact) mass is 401 g/mol. The van der Waals surface area contributed by atoms with E-state index in [4.69, 9.17) is 4.74 Å². The molecule has 0 unspecified atom stereocenters. The van der Waals surface area contributed by atoms with Crippen LogP contribution in [0, 0.1) is 6.92 Å². The van der Waals surface area contributed by atoms with Gasteiger partial charge in [-0.3, -0.25) is 9.48 Å². The van der Waals surface area contributed by atoms with Crippen LogP contribution in [0.2, 0.25) is 0 Å². The summed E-state index contributed by atoms with van der Waals surface area (Å²) in [6.07, 6.45) is 1.80. The molecular weight excluding hydrogens is 382 g/mol. The van der Waals surface area contributed by atoms with E-state index >= 15 is 0 Å². The Balaban J connectivity index is 1.61. The van der Waals surface area contributed by atoms with E-state index in [2.05, 4.69) is 17.0 Å². The molecule has 1 N–H and O–H groups in total. The Labute approximate surface area is 165 Å². The van der Waals surface area contributed by atoms with E-state index in [9.17, 15) is 9.59 Å². The number of carbonyl (C=O) groups excluding carboxylic acids is 2. The molecule has 0 atom stereocenters. The molecule has 3 aromatic rings. The number of aromatic nitrogens is 2. The fraction of sp³-hybridized carbons (Fsp3) is 0.211. The van der Waals surface area contributed by atoms with E-state index in [0.29, 0.717) is 10.6 Å². The highest BCUT2D eigenvalue weighted by Crippen LogP contribution is 2.28. The minimum atomic E-state index is -0.514. The van der Waals surface area contributed by atoms with Crippen LogP contribution in [0.15, 0.2) is 47.9 Å². The van der Waals surface area contributed by atoms with Gasteiger partial charge in [0.05, 0.1) is 11.4 Å². The molecule has 0 aliphatic carbocycles. The van der Waals surface area contributed by atoms with Crippen LogP contribution in [-0.4, -0.2) is 34.0 Å². The number of thioether (sulfide) groups is 1. The van der Waals surface area contributed by atoms with Crippen molar-refractivity contribution in [2.45, 2.75) is 11.8 Å². The number of carbonyl (C=O) groups is 2. The van der Waals surface area contributed by atoms with Crippen molar-refractivity contribution in [1.82, 2.24) is 9.78 Å². The average molecular weight is 402 g/mol. The van der Waals surface area contributed by atoms with Gasteiger partial charge in [-0.25, -0.2) is 4.79 Å². The normalized spacial score (nSPS) is 10.7. The molecule has 1 aromatic carbocycles. The molecule has 27 heavy (non-hydrogen) atoms. The number of aryl methyl sites for hydroxylation is 2. The number of ether oxygens (including phenoxy) is 1.